The van der Waals surface area contributed by atoms with E-state index >= 15 is 0 Å². The average molecular weight is 298 g/mol. The summed E-state index contributed by atoms with van der Waals surface area (Å²) in [5.74, 6) is 0.634. The molecule has 0 amide bonds. The van der Waals surface area contributed by atoms with Gasteiger partial charge in [-0.05, 0) is 18.8 Å². The quantitative estimate of drug-likeness (QED) is 0.851. The molecule has 4 nitrogen and oxygen atoms in total. The van der Waals surface area contributed by atoms with Crippen LogP contribution in [0.2, 0.25) is 5.02 Å². The highest BCUT2D eigenvalue weighted by molar-refractivity contribution is 7.16. The van der Waals surface area contributed by atoms with E-state index in [1.807, 2.05) is 13.8 Å². The lowest BCUT2D eigenvalue weighted by Gasteiger charge is -2.05. The van der Waals surface area contributed by atoms with Crippen molar-refractivity contribution in [3.63, 3.8) is 0 Å². The number of nitrogens with zero attached hydrogens (tertiary/aromatic N) is 3. The number of halogens is 1. The minimum atomic E-state index is -0.240. The van der Waals surface area contributed by atoms with Gasteiger partial charge in [-0.25, -0.2) is 4.98 Å². The van der Waals surface area contributed by atoms with Crippen LogP contribution in [0, 0.1) is 0 Å². The van der Waals surface area contributed by atoms with Crippen LogP contribution in [0.3, 0.4) is 0 Å². The van der Waals surface area contributed by atoms with Gasteiger partial charge in [-0.15, -0.1) is 0 Å². The van der Waals surface area contributed by atoms with Crippen molar-refractivity contribution in [3.8, 4) is 0 Å². The predicted octanol–water partition coefficient (Wildman–Crippen LogP) is 3.59. The molecule has 0 saturated heterocycles. The SMILES string of the molecule is CC(C)c1nc2sc(C3CCCC3)nn2c(=O)c1Cl. The van der Waals surface area contributed by atoms with Crippen molar-refractivity contribution in [3.05, 3.63) is 26.1 Å². The largest absolute Gasteiger partial charge is 0.294 e. The van der Waals surface area contributed by atoms with Crippen molar-refractivity contribution in [2.45, 2.75) is 51.4 Å². The second-order valence-corrected chi connectivity index (χ2v) is 6.75. The lowest BCUT2D eigenvalue weighted by atomic mass is 10.1. The van der Waals surface area contributed by atoms with Crippen LogP contribution in [-0.2, 0) is 0 Å². The topological polar surface area (TPSA) is 47.3 Å². The smallest absolute Gasteiger partial charge is 0.266 e. The molecule has 0 radical (unpaired) electrons. The summed E-state index contributed by atoms with van der Waals surface area (Å²) in [6, 6.07) is 0. The summed E-state index contributed by atoms with van der Waals surface area (Å²) < 4.78 is 1.37. The maximum atomic E-state index is 12.2. The van der Waals surface area contributed by atoms with Gasteiger partial charge >= 0.3 is 0 Å². The summed E-state index contributed by atoms with van der Waals surface area (Å²) in [5, 5.41) is 5.66. The Kier molecular flexibility index (Phi) is 3.35. The van der Waals surface area contributed by atoms with Crippen molar-refractivity contribution in [2.24, 2.45) is 0 Å². The number of hydrogen-bond donors (Lipinski definition) is 0. The molecule has 1 aliphatic carbocycles. The summed E-state index contributed by atoms with van der Waals surface area (Å²) >= 11 is 7.64. The van der Waals surface area contributed by atoms with E-state index in [4.69, 9.17) is 11.6 Å². The summed E-state index contributed by atoms with van der Waals surface area (Å²) in [5.41, 5.74) is 0.434. The van der Waals surface area contributed by atoms with Gasteiger partial charge in [0.15, 0.2) is 0 Å². The summed E-state index contributed by atoms with van der Waals surface area (Å²) in [4.78, 5) is 17.4. The van der Waals surface area contributed by atoms with Crippen molar-refractivity contribution in [1.82, 2.24) is 14.6 Å². The number of rotatable bonds is 2. The Bertz CT molecular complexity index is 670. The highest BCUT2D eigenvalue weighted by Gasteiger charge is 2.23. The molecule has 102 valence electrons. The Morgan fingerprint density at radius 2 is 2.05 bits per heavy atom. The van der Waals surface area contributed by atoms with Crippen molar-refractivity contribution < 1.29 is 0 Å². The molecule has 2 heterocycles. The zero-order valence-corrected chi connectivity index (χ0v) is 12.6. The molecule has 0 N–H and O–H groups in total. The van der Waals surface area contributed by atoms with E-state index in [0.29, 0.717) is 16.6 Å². The lowest BCUT2D eigenvalue weighted by molar-refractivity contribution is 0.689. The van der Waals surface area contributed by atoms with E-state index in [1.54, 1.807) is 0 Å². The van der Waals surface area contributed by atoms with Crippen molar-refractivity contribution in [1.29, 1.82) is 0 Å². The first-order valence-corrected chi connectivity index (χ1v) is 7.86. The van der Waals surface area contributed by atoms with Gasteiger partial charge in [-0.1, -0.05) is 49.6 Å². The molecule has 0 aliphatic heterocycles. The monoisotopic (exact) mass is 297 g/mol. The first kappa shape index (κ1) is 13.1. The second-order valence-electron chi connectivity index (χ2n) is 5.39. The van der Waals surface area contributed by atoms with Gasteiger partial charge in [0, 0.05) is 5.92 Å². The lowest BCUT2D eigenvalue weighted by Crippen LogP contribution is -2.18. The van der Waals surface area contributed by atoms with Crippen LogP contribution in [0.15, 0.2) is 4.79 Å². The molecule has 2 aromatic heterocycles. The highest BCUT2D eigenvalue weighted by atomic mass is 35.5. The molecule has 3 rings (SSSR count). The van der Waals surface area contributed by atoms with E-state index < -0.39 is 0 Å². The molecular formula is C13H16ClN3OS. The van der Waals surface area contributed by atoms with Crippen LogP contribution in [0.5, 0.6) is 0 Å². The fourth-order valence-electron chi connectivity index (χ4n) is 2.58. The van der Waals surface area contributed by atoms with Gasteiger partial charge in [0.25, 0.3) is 5.56 Å². The van der Waals surface area contributed by atoms with E-state index in [1.165, 1.54) is 41.5 Å². The summed E-state index contributed by atoms with van der Waals surface area (Å²) in [7, 11) is 0. The zero-order valence-electron chi connectivity index (χ0n) is 11.0. The third kappa shape index (κ3) is 2.19. The molecule has 6 heteroatoms. The average Bonchev–Trinajstić information content (AvgIpc) is 3.01. The van der Waals surface area contributed by atoms with E-state index in [2.05, 4.69) is 10.1 Å². The van der Waals surface area contributed by atoms with Crippen LogP contribution >= 0.6 is 22.9 Å². The number of aromatic nitrogens is 3. The Labute approximate surface area is 120 Å². The maximum absolute atomic E-state index is 12.2. The fraction of sp³-hybridized carbons (Fsp3) is 0.615. The van der Waals surface area contributed by atoms with Gasteiger partial charge in [0.1, 0.15) is 10.0 Å². The molecule has 0 spiro atoms. The van der Waals surface area contributed by atoms with E-state index in [0.717, 1.165) is 5.01 Å². The Hall–Kier alpha value is -0.940. The van der Waals surface area contributed by atoms with E-state index in [-0.39, 0.29) is 16.5 Å². The Balaban J connectivity index is 2.17. The number of hydrogen-bond acceptors (Lipinski definition) is 4. The van der Waals surface area contributed by atoms with Gasteiger partial charge in [-0.3, -0.25) is 4.79 Å². The Morgan fingerprint density at radius 1 is 1.37 bits per heavy atom. The van der Waals surface area contributed by atoms with Gasteiger partial charge in [-0.2, -0.15) is 9.61 Å². The van der Waals surface area contributed by atoms with Crippen LogP contribution in [0.1, 0.15) is 62.1 Å². The molecule has 1 aliphatic rings. The van der Waals surface area contributed by atoms with Crippen LogP contribution in [-0.4, -0.2) is 14.6 Å². The molecule has 1 fully saturated rings. The van der Waals surface area contributed by atoms with Crippen LogP contribution in [0.25, 0.3) is 4.96 Å². The predicted molar refractivity (Wildman–Crippen MR) is 77.4 cm³/mol. The van der Waals surface area contributed by atoms with Gasteiger partial charge in [0.05, 0.1) is 5.69 Å². The van der Waals surface area contributed by atoms with Crippen LogP contribution < -0.4 is 5.56 Å². The van der Waals surface area contributed by atoms with Crippen molar-refractivity contribution in [2.75, 3.05) is 0 Å². The molecular weight excluding hydrogens is 282 g/mol. The normalized spacial score (nSPS) is 16.8. The van der Waals surface area contributed by atoms with E-state index in [9.17, 15) is 4.79 Å². The molecule has 0 unspecified atom stereocenters. The Morgan fingerprint density at radius 3 is 2.68 bits per heavy atom. The molecule has 0 atom stereocenters. The first-order valence-electron chi connectivity index (χ1n) is 6.67. The van der Waals surface area contributed by atoms with Gasteiger partial charge < -0.3 is 0 Å². The van der Waals surface area contributed by atoms with Crippen LogP contribution in [0.4, 0.5) is 0 Å². The summed E-state index contributed by atoms with van der Waals surface area (Å²) in [6.45, 7) is 3.98. The molecule has 19 heavy (non-hydrogen) atoms. The third-order valence-corrected chi connectivity index (χ3v) is 5.07. The second kappa shape index (κ2) is 4.87. The minimum absolute atomic E-state index is 0.141. The number of fused-ring (bicyclic) bond motifs is 1. The maximum Gasteiger partial charge on any atom is 0.294 e. The standard InChI is InChI=1S/C13H16ClN3OS/c1-7(2)10-9(14)12(18)17-13(15-10)19-11(16-17)8-5-3-4-6-8/h7-8H,3-6H2,1-2H3. The molecule has 2 aromatic rings. The van der Waals surface area contributed by atoms with Crippen molar-refractivity contribution >= 4 is 27.9 Å². The first-order chi connectivity index (χ1) is 9.08. The van der Waals surface area contributed by atoms with Gasteiger partial charge in [0.2, 0.25) is 4.96 Å². The molecule has 0 aromatic carbocycles. The zero-order chi connectivity index (χ0) is 13.6. The fourth-order valence-corrected chi connectivity index (χ4v) is 3.98. The minimum Gasteiger partial charge on any atom is -0.266 e. The highest BCUT2D eigenvalue weighted by Crippen LogP contribution is 2.36. The molecule has 0 bridgehead atoms. The molecule has 1 saturated carbocycles. The third-order valence-electron chi connectivity index (χ3n) is 3.65. The summed E-state index contributed by atoms with van der Waals surface area (Å²) in [6.07, 6.45) is 4.83.